The van der Waals surface area contributed by atoms with Gasteiger partial charge in [0.15, 0.2) is 17.5 Å². The third-order valence-electron chi connectivity index (χ3n) is 2.61. The molecule has 110 valence electrons. The minimum absolute atomic E-state index is 0.325. The fraction of sp³-hybridized carbons (Fsp3) is 0.385. The molecule has 0 bridgehead atoms. The number of carbonyl (C=O) groups excluding carboxylic acids is 1. The molecule has 1 amide bonds. The Hall–Kier alpha value is -2.05. The Morgan fingerprint density at radius 3 is 2.30 bits per heavy atom. The first kappa shape index (κ1) is 16.0. The van der Waals surface area contributed by atoms with Crippen LogP contribution in [0.4, 0.5) is 18.9 Å². The second-order valence-electron chi connectivity index (χ2n) is 4.48. The summed E-state index contributed by atoms with van der Waals surface area (Å²) in [5, 5.41) is 8.63. The van der Waals surface area contributed by atoms with Crippen molar-refractivity contribution in [3.63, 3.8) is 0 Å². The number of hydrogen-bond acceptors (Lipinski definition) is 2. The van der Waals surface area contributed by atoms with E-state index in [2.05, 4.69) is 0 Å². The Labute approximate surface area is 113 Å². The van der Waals surface area contributed by atoms with Crippen LogP contribution in [0.3, 0.4) is 0 Å². The van der Waals surface area contributed by atoms with Crippen LogP contribution < -0.4 is 4.90 Å². The number of rotatable bonds is 5. The van der Waals surface area contributed by atoms with Gasteiger partial charge in [-0.25, -0.2) is 13.2 Å². The average Bonchev–Trinajstić information content (AvgIpc) is 2.37. The topological polar surface area (TPSA) is 57.6 Å². The maximum Gasteiger partial charge on any atom is 0.305 e. The smallest absolute Gasteiger partial charge is 0.305 e. The van der Waals surface area contributed by atoms with Crippen LogP contribution in [0.5, 0.6) is 0 Å². The minimum Gasteiger partial charge on any atom is -0.481 e. The van der Waals surface area contributed by atoms with Crippen molar-refractivity contribution < 1.29 is 27.9 Å². The summed E-state index contributed by atoms with van der Waals surface area (Å²) in [6.45, 7) is 2.75. The predicted molar refractivity (Wildman–Crippen MR) is 65.8 cm³/mol. The lowest BCUT2D eigenvalue weighted by atomic mass is 10.1. The molecule has 0 saturated carbocycles. The molecule has 0 fully saturated rings. The van der Waals surface area contributed by atoms with Crippen molar-refractivity contribution in [3.8, 4) is 0 Å². The SMILES string of the molecule is CC(C)C(=O)N(CCC(=O)O)c1ccc(F)c(F)c1F. The van der Waals surface area contributed by atoms with Crippen LogP contribution in [0, 0.1) is 23.4 Å². The van der Waals surface area contributed by atoms with Crippen LogP contribution in [0.15, 0.2) is 12.1 Å². The number of aliphatic carboxylic acids is 1. The molecule has 0 saturated heterocycles. The Kier molecular flexibility index (Phi) is 5.12. The van der Waals surface area contributed by atoms with Crippen molar-refractivity contribution in [1.29, 1.82) is 0 Å². The number of halogens is 3. The molecule has 0 spiro atoms. The van der Waals surface area contributed by atoms with Crippen LogP contribution in [0.2, 0.25) is 0 Å². The second-order valence-corrected chi connectivity index (χ2v) is 4.48. The van der Waals surface area contributed by atoms with Gasteiger partial charge in [-0.2, -0.15) is 0 Å². The molecular weight excluding hydrogens is 275 g/mol. The molecule has 20 heavy (non-hydrogen) atoms. The number of amides is 1. The van der Waals surface area contributed by atoms with E-state index < -0.39 is 47.4 Å². The van der Waals surface area contributed by atoms with Crippen molar-refractivity contribution in [2.24, 2.45) is 5.92 Å². The van der Waals surface area contributed by atoms with Crippen molar-refractivity contribution in [2.75, 3.05) is 11.4 Å². The zero-order valence-corrected chi connectivity index (χ0v) is 11.0. The summed E-state index contributed by atoms with van der Waals surface area (Å²) in [4.78, 5) is 23.3. The van der Waals surface area contributed by atoms with Gasteiger partial charge in [0.2, 0.25) is 5.91 Å². The zero-order chi connectivity index (χ0) is 15.4. The molecule has 4 nitrogen and oxygen atoms in total. The summed E-state index contributed by atoms with van der Waals surface area (Å²) in [7, 11) is 0. The van der Waals surface area contributed by atoms with Gasteiger partial charge >= 0.3 is 5.97 Å². The highest BCUT2D eigenvalue weighted by Crippen LogP contribution is 2.25. The molecule has 0 aromatic heterocycles. The third kappa shape index (κ3) is 3.49. The second kappa shape index (κ2) is 6.40. The van der Waals surface area contributed by atoms with E-state index in [4.69, 9.17) is 5.11 Å². The Morgan fingerprint density at radius 2 is 1.80 bits per heavy atom. The lowest BCUT2D eigenvalue weighted by molar-refractivity contribution is -0.136. The normalized spacial score (nSPS) is 10.7. The number of anilines is 1. The molecule has 0 aliphatic carbocycles. The van der Waals surface area contributed by atoms with E-state index in [-0.39, 0.29) is 6.54 Å². The molecule has 0 unspecified atom stereocenters. The summed E-state index contributed by atoms with van der Waals surface area (Å²) in [5.41, 5.74) is -0.469. The quantitative estimate of drug-likeness (QED) is 0.848. The molecule has 0 heterocycles. The van der Waals surface area contributed by atoms with Gasteiger partial charge in [0, 0.05) is 12.5 Å². The van der Waals surface area contributed by atoms with E-state index in [0.29, 0.717) is 6.07 Å². The number of benzene rings is 1. The first-order valence-electron chi connectivity index (χ1n) is 5.92. The van der Waals surface area contributed by atoms with Crippen LogP contribution in [0.1, 0.15) is 20.3 Å². The minimum atomic E-state index is -1.70. The Morgan fingerprint density at radius 1 is 1.20 bits per heavy atom. The summed E-state index contributed by atoms with van der Waals surface area (Å²) >= 11 is 0. The molecule has 7 heteroatoms. The van der Waals surface area contributed by atoms with Crippen LogP contribution >= 0.6 is 0 Å². The summed E-state index contributed by atoms with van der Waals surface area (Å²) < 4.78 is 39.8. The highest BCUT2D eigenvalue weighted by atomic mass is 19.2. The first-order chi connectivity index (χ1) is 9.25. The van der Waals surface area contributed by atoms with E-state index in [1.54, 1.807) is 0 Å². The van der Waals surface area contributed by atoms with Crippen molar-refractivity contribution in [1.82, 2.24) is 0 Å². The number of carbonyl (C=O) groups is 2. The molecule has 0 atom stereocenters. The maximum absolute atomic E-state index is 13.7. The monoisotopic (exact) mass is 289 g/mol. The van der Waals surface area contributed by atoms with E-state index in [1.165, 1.54) is 13.8 Å². The number of carboxylic acid groups (broad SMARTS) is 1. The molecule has 0 aliphatic rings. The van der Waals surface area contributed by atoms with E-state index in [0.717, 1.165) is 11.0 Å². The standard InChI is InChI=1S/C13H14F3NO3/c1-7(2)13(20)17(6-5-10(18)19)9-4-3-8(14)11(15)12(9)16/h3-4,7H,5-6H2,1-2H3,(H,18,19). The fourth-order valence-corrected chi connectivity index (χ4v) is 1.59. The summed E-state index contributed by atoms with van der Waals surface area (Å²) in [6, 6.07) is 1.60. The maximum atomic E-state index is 13.7. The molecule has 0 aliphatic heterocycles. The summed E-state index contributed by atoms with van der Waals surface area (Å²) in [5.74, 6) is -6.88. The van der Waals surface area contributed by atoms with Gasteiger partial charge in [0.25, 0.3) is 0 Å². The van der Waals surface area contributed by atoms with Crippen LogP contribution in [0.25, 0.3) is 0 Å². The van der Waals surface area contributed by atoms with Crippen molar-refractivity contribution >= 4 is 17.6 Å². The van der Waals surface area contributed by atoms with Crippen molar-refractivity contribution in [2.45, 2.75) is 20.3 Å². The lowest BCUT2D eigenvalue weighted by Crippen LogP contribution is -2.36. The molecule has 1 N–H and O–H groups in total. The summed E-state index contributed by atoms with van der Waals surface area (Å²) in [6.07, 6.45) is -0.434. The van der Waals surface area contributed by atoms with Gasteiger partial charge in [-0.05, 0) is 12.1 Å². The number of hydrogen-bond donors (Lipinski definition) is 1. The predicted octanol–water partition coefficient (Wildman–Crippen LogP) is 2.57. The largest absolute Gasteiger partial charge is 0.481 e. The third-order valence-corrected chi connectivity index (χ3v) is 2.61. The average molecular weight is 289 g/mol. The molecular formula is C13H14F3NO3. The van der Waals surface area contributed by atoms with Crippen molar-refractivity contribution in [3.05, 3.63) is 29.6 Å². The number of carboxylic acids is 1. The van der Waals surface area contributed by atoms with Gasteiger partial charge in [-0.3, -0.25) is 9.59 Å². The first-order valence-corrected chi connectivity index (χ1v) is 5.92. The highest BCUT2D eigenvalue weighted by Gasteiger charge is 2.25. The van der Waals surface area contributed by atoms with E-state index in [1.807, 2.05) is 0 Å². The van der Waals surface area contributed by atoms with E-state index in [9.17, 15) is 22.8 Å². The number of nitrogens with zero attached hydrogens (tertiary/aromatic N) is 1. The van der Waals surface area contributed by atoms with Gasteiger partial charge in [-0.15, -0.1) is 0 Å². The van der Waals surface area contributed by atoms with Gasteiger partial charge in [0.05, 0.1) is 12.1 Å². The molecule has 1 aromatic carbocycles. The van der Waals surface area contributed by atoms with Gasteiger partial charge in [-0.1, -0.05) is 13.8 Å². The lowest BCUT2D eigenvalue weighted by Gasteiger charge is -2.24. The molecule has 0 radical (unpaired) electrons. The fourth-order valence-electron chi connectivity index (χ4n) is 1.59. The van der Waals surface area contributed by atoms with Crippen LogP contribution in [-0.4, -0.2) is 23.5 Å². The van der Waals surface area contributed by atoms with Crippen LogP contribution in [-0.2, 0) is 9.59 Å². The molecule has 1 rings (SSSR count). The van der Waals surface area contributed by atoms with E-state index >= 15 is 0 Å². The van der Waals surface area contributed by atoms with Gasteiger partial charge < -0.3 is 10.0 Å². The Balaban J connectivity index is 3.19. The molecule has 1 aromatic rings. The zero-order valence-electron chi connectivity index (χ0n) is 11.0. The highest BCUT2D eigenvalue weighted by molar-refractivity contribution is 5.95. The van der Waals surface area contributed by atoms with Gasteiger partial charge in [0.1, 0.15) is 0 Å². The Bertz CT molecular complexity index is 532.